The van der Waals surface area contributed by atoms with Gasteiger partial charge in [-0.3, -0.25) is 4.99 Å². The number of fused-ring (bicyclic) bond motifs is 1. The minimum atomic E-state index is -0.353. The number of benzene rings is 1. The van der Waals surface area contributed by atoms with Crippen LogP contribution in [0.15, 0.2) is 23.2 Å². The molecule has 0 fully saturated rings. The summed E-state index contributed by atoms with van der Waals surface area (Å²) in [6.07, 6.45) is 1.49. The highest BCUT2D eigenvalue weighted by Crippen LogP contribution is 2.37. The van der Waals surface area contributed by atoms with Gasteiger partial charge in [0.25, 0.3) is 0 Å². The quantitative estimate of drug-likeness (QED) is 0.716. The van der Waals surface area contributed by atoms with Crippen LogP contribution < -0.4 is 9.80 Å². The fourth-order valence-electron chi connectivity index (χ4n) is 2.76. The molecule has 0 amide bonds. The Labute approximate surface area is 156 Å². The first-order valence-corrected chi connectivity index (χ1v) is 8.62. The molecule has 2 heterocycles. The van der Waals surface area contributed by atoms with Gasteiger partial charge in [0.1, 0.15) is 5.82 Å². The number of pyridine rings is 1. The molecule has 3 rings (SSSR count). The van der Waals surface area contributed by atoms with Crippen molar-refractivity contribution in [3.63, 3.8) is 0 Å². The van der Waals surface area contributed by atoms with Crippen molar-refractivity contribution in [2.24, 2.45) is 4.99 Å². The van der Waals surface area contributed by atoms with Crippen molar-refractivity contribution in [3.05, 3.63) is 28.2 Å². The second-order valence-electron chi connectivity index (χ2n) is 5.75. The molecular formula is C17H20Cl2N4O2. The Morgan fingerprint density at radius 2 is 2.04 bits per heavy atom. The van der Waals surface area contributed by atoms with E-state index >= 15 is 0 Å². The molecule has 0 aliphatic carbocycles. The molecule has 0 unspecified atom stereocenters. The Balaban J connectivity index is 2.09. The molecule has 1 aromatic heterocycles. The van der Waals surface area contributed by atoms with Gasteiger partial charge >= 0.3 is 0 Å². The number of hydrogen-bond donors (Lipinski definition) is 0. The molecule has 8 heteroatoms. The number of methoxy groups -OCH3 is 2. The Morgan fingerprint density at radius 1 is 1.28 bits per heavy atom. The van der Waals surface area contributed by atoms with Crippen LogP contribution in [0.4, 0.5) is 11.5 Å². The third-order valence-electron chi connectivity index (χ3n) is 4.18. The van der Waals surface area contributed by atoms with Gasteiger partial charge in [-0.05, 0) is 12.1 Å². The second kappa shape index (κ2) is 7.74. The maximum absolute atomic E-state index is 6.43. The van der Waals surface area contributed by atoms with E-state index in [2.05, 4.69) is 9.89 Å². The predicted molar refractivity (Wildman–Crippen MR) is 104 cm³/mol. The number of aromatic nitrogens is 1. The maximum atomic E-state index is 6.43. The van der Waals surface area contributed by atoms with Crippen LogP contribution in [0.1, 0.15) is 0 Å². The van der Waals surface area contributed by atoms with Crippen molar-refractivity contribution in [3.8, 4) is 0 Å². The Morgan fingerprint density at radius 3 is 2.68 bits per heavy atom. The first-order valence-electron chi connectivity index (χ1n) is 7.87. The molecule has 0 spiro atoms. The minimum absolute atomic E-state index is 0.353. The number of ether oxygens (including phenoxy) is 2. The molecule has 0 bridgehead atoms. The van der Waals surface area contributed by atoms with Crippen molar-refractivity contribution in [1.29, 1.82) is 0 Å². The van der Waals surface area contributed by atoms with E-state index in [9.17, 15) is 0 Å². The average molecular weight is 383 g/mol. The molecule has 0 radical (unpaired) electrons. The number of hydrogen-bond acceptors (Lipinski definition) is 6. The molecule has 0 saturated carbocycles. The first kappa shape index (κ1) is 18.2. The smallest absolute Gasteiger partial charge is 0.174 e. The molecule has 25 heavy (non-hydrogen) atoms. The number of likely N-dealkylation sites (N-methyl/N-ethyl adjacent to an activating group) is 1. The molecular weight excluding hydrogens is 363 g/mol. The van der Waals surface area contributed by atoms with Gasteiger partial charge in [-0.1, -0.05) is 23.2 Å². The van der Waals surface area contributed by atoms with Crippen LogP contribution in [0.5, 0.6) is 0 Å². The summed E-state index contributed by atoms with van der Waals surface area (Å²) in [5.74, 6) is 0.756. The number of nitrogens with zero attached hydrogens (tertiary/aromatic N) is 4. The summed E-state index contributed by atoms with van der Waals surface area (Å²) >= 11 is 12.6. The van der Waals surface area contributed by atoms with Crippen molar-refractivity contribution < 1.29 is 9.47 Å². The molecule has 0 N–H and O–H groups in total. The van der Waals surface area contributed by atoms with Crippen LogP contribution in [-0.2, 0) is 9.47 Å². The zero-order valence-electron chi connectivity index (χ0n) is 14.4. The molecule has 0 atom stereocenters. The minimum Gasteiger partial charge on any atom is -0.354 e. The Kier molecular flexibility index (Phi) is 5.64. The predicted octanol–water partition coefficient (Wildman–Crippen LogP) is 3.45. The van der Waals surface area contributed by atoms with E-state index in [1.165, 1.54) is 0 Å². The summed E-state index contributed by atoms with van der Waals surface area (Å²) in [5, 5.41) is 1.87. The largest absolute Gasteiger partial charge is 0.354 e. The molecule has 1 aliphatic rings. The molecule has 134 valence electrons. The number of rotatable bonds is 6. The second-order valence-corrected chi connectivity index (χ2v) is 6.54. The van der Waals surface area contributed by atoms with E-state index in [4.69, 9.17) is 37.7 Å². The topological polar surface area (TPSA) is 50.2 Å². The van der Waals surface area contributed by atoms with E-state index < -0.39 is 0 Å². The van der Waals surface area contributed by atoms with Gasteiger partial charge in [0.15, 0.2) is 6.29 Å². The molecule has 2 aromatic rings. The zero-order chi connectivity index (χ0) is 18.0. The normalized spacial score (nSPS) is 14.1. The van der Waals surface area contributed by atoms with Crippen LogP contribution in [0.25, 0.3) is 10.9 Å². The van der Waals surface area contributed by atoms with Crippen LogP contribution in [0, 0.1) is 0 Å². The molecule has 0 saturated heterocycles. The lowest BCUT2D eigenvalue weighted by Gasteiger charge is -2.25. The van der Waals surface area contributed by atoms with E-state index in [-0.39, 0.29) is 6.29 Å². The van der Waals surface area contributed by atoms with Crippen molar-refractivity contribution in [2.75, 3.05) is 50.7 Å². The van der Waals surface area contributed by atoms with E-state index in [0.717, 1.165) is 30.0 Å². The third-order valence-corrected chi connectivity index (χ3v) is 4.97. The van der Waals surface area contributed by atoms with Crippen LogP contribution in [0.3, 0.4) is 0 Å². The van der Waals surface area contributed by atoms with Gasteiger partial charge in [0.05, 0.1) is 40.7 Å². The molecule has 1 aliphatic heterocycles. The highest BCUT2D eigenvalue weighted by Gasteiger charge is 2.19. The first-order chi connectivity index (χ1) is 12.0. The Bertz CT molecular complexity index is 796. The zero-order valence-corrected chi connectivity index (χ0v) is 15.9. The lowest BCUT2D eigenvalue weighted by Crippen LogP contribution is -2.32. The Hall–Kier alpha value is -1.60. The van der Waals surface area contributed by atoms with Gasteiger partial charge < -0.3 is 19.3 Å². The SMILES string of the molecule is COC(CN(C)c1cc(N2C=NCC2)c2ccc(Cl)c(Cl)c2n1)OC. The number of anilines is 2. The van der Waals surface area contributed by atoms with Crippen molar-refractivity contribution in [1.82, 2.24) is 4.98 Å². The van der Waals surface area contributed by atoms with Gasteiger partial charge in [-0.15, -0.1) is 0 Å². The molecule has 6 nitrogen and oxygen atoms in total. The van der Waals surface area contributed by atoms with Crippen LogP contribution in [0.2, 0.25) is 10.0 Å². The van der Waals surface area contributed by atoms with Gasteiger partial charge in [-0.2, -0.15) is 0 Å². The molecule has 1 aromatic carbocycles. The lowest BCUT2D eigenvalue weighted by atomic mass is 10.1. The summed E-state index contributed by atoms with van der Waals surface area (Å²) in [5.41, 5.74) is 1.67. The van der Waals surface area contributed by atoms with Gasteiger partial charge in [-0.25, -0.2) is 4.98 Å². The van der Waals surface area contributed by atoms with E-state index in [0.29, 0.717) is 22.1 Å². The van der Waals surface area contributed by atoms with Crippen LogP contribution >= 0.6 is 23.2 Å². The van der Waals surface area contributed by atoms with Gasteiger partial charge in [0.2, 0.25) is 0 Å². The maximum Gasteiger partial charge on any atom is 0.174 e. The summed E-state index contributed by atoms with van der Waals surface area (Å²) < 4.78 is 10.6. The lowest BCUT2D eigenvalue weighted by molar-refractivity contribution is -0.0944. The fraction of sp³-hybridized carbons (Fsp3) is 0.412. The number of aliphatic imine (C=N–C) groups is 1. The van der Waals surface area contributed by atoms with E-state index in [1.807, 2.05) is 30.4 Å². The highest BCUT2D eigenvalue weighted by atomic mass is 35.5. The van der Waals surface area contributed by atoms with Gasteiger partial charge in [0, 0.05) is 39.3 Å². The summed E-state index contributed by atoms with van der Waals surface area (Å²) in [4.78, 5) is 13.1. The highest BCUT2D eigenvalue weighted by molar-refractivity contribution is 6.45. The average Bonchev–Trinajstić information content (AvgIpc) is 3.16. The summed E-state index contributed by atoms with van der Waals surface area (Å²) in [6, 6.07) is 5.75. The standard InChI is InChI=1S/C17H20Cl2N4O2/c1-22(9-15(24-2)25-3)14-8-13(23-7-6-20-10-23)11-4-5-12(18)16(19)17(11)21-14/h4-5,8,10,15H,6-7,9H2,1-3H3. The summed E-state index contributed by atoms with van der Waals surface area (Å²) in [6.45, 7) is 2.12. The van der Waals surface area contributed by atoms with E-state index in [1.54, 1.807) is 20.3 Å². The van der Waals surface area contributed by atoms with Crippen molar-refractivity contribution >= 4 is 51.9 Å². The number of halogens is 2. The third kappa shape index (κ3) is 3.67. The summed E-state index contributed by atoms with van der Waals surface area (Å²) in [7, 11) is 5.15. The van der Waals surface area contributed by atoms with Crippen LogP contribution in [-0.4, -0.2) is 58.5 Å². The fourth-order valence-corrected chi connectivity index (χ4v) is 3.12. The monoisotopic (exact) mass is 382 g/mol. The van der Waals surface area contributed by atoms with Crippen molar-refractivity contribution in [2.45, 2.75) is 6.29 Å².